The summed E-state index contributed by atoms with van der Waals surface area (Å²) in [5.41, 5.74) is 1.85. The number of hydrogen-bond acceptors (Lipinski definition) is 2. The molecule has 1 aliphatic rings. The smallest absolute Gasteiger partial charge is 0.325 e. The first kappa shape index (κ1) is 10.8. The fraction of sp³-hybridized carbons (Fsp3) is 0.600. The lowest BCUT2D eigenvalue weighted by atomic mass is 10.1. The molecular formula is C10H15NO3. The minimum Gasteiger partial charge on any atom is -0.480 e. The molecule has 14 heavy (non-hydrogen) atoms. The lowest BCUT2D eigenvalue weighted by molar-refractivity contribution is -0.140. The summed E-state index contributed by atoms with van der Waals surface area (Å²) >= 11 is 0. The van der Waals surface area contributed by atoms with E-state index in [2.05, 4.69) is 5.32 Å². The van der Waals surface area contributed by atoms with Crippen LogP contribution in [0.1, 0.15) is 33.1 Å². The highest BCUT2D eigenvalue weighted by molar-refractivity contribution is 5.96. The fourth-order valence-electron chi connectivity index (χ4n) is 1.55. The summed E-state index contributed by atoms with van der Waals surface area (Å²) in [5, 5.41) is 11.1. The number of nitrogens with one attached hydrogen (secondary N) is 1. The molecule has 4 nitrogen and oxygen atoms in total. The number of carboxylic acids is 1. The predicted molar refractivity (Wildman–Crippen MR) is 51.8 cm³/mol. The third kappa shape index (κ3) is 2.34. The number of hydrogen-bond donors (Lipinski definition) is 2. The number of carboxylic acid groups (broad SMARTS) is 1. The van der Waals surface area contributed by atoms with E-state index in [1.54, 1.807) is 0 Å². The Bertz CT molecular complexity index is 294. The molecular weight excluding hydrogens is 182 g/mol. The maximum absolute atomic E-state index is 11.5. The SMILES string of the molecule is CC1=C(C(=O)N[C@@H](C)C(=O)O)CCC1. The molecule has 0 aromatic rings. The molecule has 0 aromatic heterocycles. The van der Waals surface area contributed by atoms with Gasteiger partial charge in [0.2, 0.25) is 5.91 Å². The molecule has 0 aromatic carbocycles. The standard InChI is InChI=1S/C10H15NO3/c1-6-4-3-5-8(6)9(12)11-7(2)10(13)14/h7H,3-5H2,1-2H3,(H,11,12)(H,13,14)/t7-/m0/s1. The van der Waals surface area contributed by atoms with Crippen molar-refractivity contribution in [3.63, 3.8) is 0 Å². The second-order valence-corrected chi connectivity index (χ2v) is 3.65. The van der Waals surface area contributed by atoms with Gasteiger partial charge >= 0.3 is 5.97 Å². The molecule has 0 heterocycles. The van der Waals surface area contributed by atoms with Crippen LogP contribution in [0.5, 0.6) is 0 Å². The van der Waals surface area contributed by atoms with E-state index in [0.717, 1.165) is 30.4 Å². The Kier molecular flexibility index (Phi) is 3.28. The third-order valence-electron chi connectivity index (χ3n) is 2.49. The summed E-state index contributed by atoms with van der Waals surface area (Å²) < 4.78 is 0. The van der Waals surface area contributed by atoms with Crippen LogP contribution in [0.25, 0.3) is 0 Å². The van der Waals surface area contributed by atoms with Gasteiger partial charge in [0.15, 0.2) is 0 Å². The zero-order valence-electron chi connectivity index (χ0n) is 8.46. The van der Waals surface area contributed by atoms with Crippen molar-refractivity contribution < 1.29 is 14.7 Å². The molecule has 0 fully saturated rings. The summed E-state index contributed by atoms with van der Waals surface area (Å²) in [6.45, 7) is 3.39. The maximum Gasteiger partial charge on any atom is 0.325 e. The van der Waals surface area contributed by atoms with Crippen LogP contribution < -0.4 is 5.32 Å². The van der Waals surface area contributed by atoms with Crippen molar-refractivity contribution in [2.45, 2.75) is 39.2 Å². The fourth-order valence-corrected chi connectivity index (χ4v) is 1.55. The molecule has 0 radical (unpaired) electrons. The van der Waals surface area contributed by atoms with Crippen LogP contribution in [-0.2, 0) is 9.59 Å². The highest BCUT2D eigenvalue weighted by Crippen LogP contribution is 2.25. The van der Waals surface area contributed by atoms with Crippen LogP contribution in [0, 0.1) is 0 Å². The van der Waals surface area contributed by atoms with Crippen molar-refractivity contribution in [1.82, 2.24) is 5.32 Å². The molecule has 0 unspecified atom stereocenters. The molecule has 0 bridgehead atoms. The summed E-state index contributed by atoms with van der Waals surface area (Å²) in [4.78, 5) is 22.0. The molecule has 0 saturated heterocycles. The van der Waals surface area contributed by atoms with Gasteiger partial charge in [0, 0.05) is 5.57 Å². The number of aliphatic carboxylic acids is 1. The Morgan fingerprint density at radius 3 is 2.50 bits per heavy atom. The van der Waals surface area contributed by atoms with Gasteiger partial charge in [-0.15, -0.1) is 0 Å². The van der Waals surface area contributed by atoms with Gasteiger partial charge < -0.3 is 10.4 Å². The minimum atomic E-state index is -1.00. The first-order valence-corrected chi connectivity index (χ1v) is 4.74. The normalized spacial score (nSPS) is 18.1. The monoisotopic (exact) mass is 197 g/mol. The van der Waals surface area contributed by atoms with Crippen molar-refractivity contribution in [2.24, 2.45) is 0 Å². The topological polar surface area (TPSA) is 66.4 Å². The lowest BCUT2D eigenvalue weighted by Gasteiger charge is -2.10. The van der Waals surface area contributed by atoms with E-state index in [1.165, 1.54) is 6.92 Å². The van der Waals surface area contributed by atoms with Crippen molar-refractivity contribution >= 4 is 11.9 Å². The zero-order valence-corrected chi connectivity index (χ0v) is 8.46. The first-order valence-electron chi connectivity index (χ1n) is 4.74. The maximum atomic E-state index is 11.5. The Labute approximate surface area is 83.0 Å². The van der Waals surface area contributed by atoms with Crippen LogP contribution in [0.3, 0.4) is 0 Å². The van der Waals surface area contributed by atoms with Gasteiger partial charge in [0.05, 0.1) is 0 Å². The van der Waals surface area contributed by atoms with E-state index in [-0.39, 0.29) is 5.91 Å². The highest BCUT2D eigenvalue weighted by Gasteiger charge is 2.21. The Morgan fingerprint density at radius 2 is 2.07 bits per heavy atom. The van der Waals surface area contributed by atoms with E-state index in [4.69, 9.17) is 5.11 Å². The lowest BCUT2D eigenvalue weighted by Crippen LogP contribution is -2.39. The van der Waals surface area contributed by atoms with Crippen LogP contribution in [0.4, 0.5) is 0 Å². The predicted octanol–water partition coefficient (Wildman–Crippen LogP) is 1.08. The molecule has 4 heteroatoms. The van der Waals surface area contributed by atoms with Crippen LogP contribution in [0.15, 0.2) is 11.1 Å². The van der Waals surface area contributed by atoms with Crippen LogP contribution in [0.2, 0.25) is 0 Å². The number of carbonyl (C=O) groups is 2. The summed E-state index contributed by atoms with van der Waals surface area (Å²) in [5.74, 6) is -1.23. The van der Waals surface area contributed by atoms with Gasteiger partial charge in [-0.1, -0.05) is 5.57 Å². The Hall–Kier alpha value is -1.32. The Morgan fingerprint density at radius 1 is 1.43 bits per heavy atom. The quantitative estimate of drug-likeness (QED) is 0.711. The van der Waals surface area contributed by atoms with Gasteiger partial charge in [-0.2, -0.15) is 0 Å². The Balaban J connectivity index is 2.59. The third-order valence-corrected chi connectivity index (χ3v) is 2.49. The summed E-state index contributed by atoms with van der Waals surface area (Å²) in [6, 6.07) is -0.816. The second-order valence-electron chi connectivity index (χ2n) is 3.65. The molecule has 78 valence electrons. The van der Waals surface area contributed by atoms with Crippen molar-refractivity contribution in [2.75, 3.05) is 0 Å². The molecule has 1 rings (SSSR count). The van der Waals surface area contributed by atoms with Gasteiger partial charge in [-0.25, -0.2) is 0 Å². The van der Waals surface area contributed by atoms with E-state index < -0.39 is 12.0 Å². The average molecular weight is 197 g/mol. The van der Waals surface area contributed by atoms with Crippen LogP contribution in [-0.4, -0.2) is 23.0 Å². The number of carbonyl (C=O) groups excluding carboxylic acids is 1. The van der Waals surface area contributed by atoms with Gasteiger partial charge in [0.1, 0.15) is 6.04 Å². The molecule has 0 aliphatic heterocycles. The van der Waals surface area contributed by atoms with Crippen molar-refractivity contribution in [3.8, 4) is 0 Å². The second kappa shape index (κ2) is 4.26. The largest absolute Gasteiger partial charge is 0.480 e. The number of amides is 1. The van der Waals surface area contributed by atoms with E-state index in [1.807, 2.05) is 6.92 Å². The van der Waals surface area contributed by atoms with Crippen molar-refractivity contribution in [1.29, 1.82) is 0 Å². The molecule has 1 atom stereocenters. The molecule has 0 saturated carbocycles. The average Bonchev–Trinajstić information content (AvgIpc) is 2.51. The van der Waals surface area contributed by atoms with E-state index in [0.29, 0.717) is 0 Å². The zero-order chi connectivity index (χ0) is 10.7. The van der Waals surface area contributed by atoms with E-state index >= 15 is 0 Å². The van der Waals surface area contributed by atoms with Crippen molar-refractivity contribution in [3.05, 3.63) is 11.1 Å². The summed E-state index contributed by atoms with van der Waals surface area (Å²) in [6.07, 6.45) is 2.71. The van der Waals surface area contributed by atoms with Gasteiger partial charge in [-0.3, -0.25) is 9.59 Å². The summed E-state index contributed by atoms with van der Waals surface area (Å²) in [7, 11) is 0. The van der Waals surface area contributed by atoms with E-state index in [9.17, 15) is 9.59 Å². The van der Waals surface area contributed by atoms with Crippen LogP contribution >= 0.6 is 0 Å². The minimum absolute atomic E-state index is 0.227. The van der Waals surface area contributed by atoms with Gasteiger partial charge in [-0.05, 0) is 33.1 Å². The molecule has 2 N–H and O–H groups in total. The molecule has 1 aliphatic carbocycles. The first-order chi connectivity index (χ1) is 6.52. The molecule has 1 amide bonds. The highest BCUT2D eigenvalue weighted by atomic mass is 16.4. The number of rotatable bonds is 3. The number of allylic oxidation sites excluding steroid dienone is 1. The van der Waals surface area contributed by atoms with Gasteiger partial charge in [0.25, 0.3) is 0 Å². The molecule has 0 spiro atoms.